The molecule has 0 saturated carbocycles. The largest absolute Gasteiger partial charge is 0.481 e. The van der Waals surface area contributed by atoms with Gasteiger partial charge in [-0.2, -0.15) is 0 Å². The second kappa shape index (κ2) is 7.13. The average molecular weight is 378 g/mol. The first-order valence-corrected chi connectivity index (χ1v) is 7.54. The highest BCUT2D eigenvalue weighted by atomic mass is 79.9. The third kappa shape index (κ3) is 5.55. The normalized spacial score (nSPS) is 11.1. The molecule has 0 aromatic heterocycles. The van der Waals surface area contributed by atoms with Crippen LogP contribution in [0.4, 0.5) is 10.5 Å². The van der Waals surface area contributed by atoms with Crippen LogP contribution >= 0.6 is 27.5 Å². The van der Waals surface area contributed by atoms with Crippen LogP contribution in [0.25, 0.3) is 0 Å². The van der Waals surface area contributed by atoms with Gasteiger partial charge in [-0.25, -0.2) is 4.79 Å². The van der Waals surface area contributed by atoms with Crippen LogP contribution in [-0.2, 0) is 4.79 Å². The van der Waals surface area contributed by atoms with Gasteiger partial charge in [0.1, 0.15) is 0 Å². The number of carbonyl (C=O) groups is 2. The van der Waals surface area contributed by atoms with E-state index >= 15 is 0 Å². The highest BCUT2D eigenvalue weighted by Gasteiger charge is 2.26. The van der Waals surface area contributed by atoms with Crippen molar-refractivity contribution in [3.63, 3.8) is 0 Å². The van der Waals surface area contributed by atoms with E-state index in [4.69, 9.17) is 16.7 Å². The zero-order valence-corrected chi connectivity index (χ0v) is 14.5. The van der Waals surface area contributed by atoms with Crippen molar-refractivity contribution >= 4 is 45.2 Å². The van der Waals surface area contributed by atoms with Gasteiger partial charge in [-0.05, 0) is 54.9 Å². The zero-order chi connectivity index (χ0) is 16.2. The Morgan fingerprint density at radius 3 is 2.48 bits per heavy atom. The molecule has 0 unspecified atom stereocenters. The molecule has 0 heterocycles. The van der Waals surface area contributed by atoms with Gasteiger partial charge in [0.2, 0.25) is 0 Å². The number of halogens is 2. The fourth-order valence-electron chi connectivity index (χ4n) is 1.71. The summed E-state index contributed by atoms with van der Waals surface area (Å²) in [6.07, 6.45) is -0.105. The molecule has 0 atom stereocenters. The molecule has 5 nitrogen and oxygen atoms in total. The zero-order valence-electron chi connectivity index (χ0n) is 12.1. The third-order valence-corrected chi connectivity index (χ3v) is 4.01. The number of carboxylic acid groups (broad SMARTS) is 1. The Balaban J connectivity index is 2.85. The van der Waals surface area contributed by atoms with E-state index in [0.29, 0.717) is 10.7 Å². The topological polar surface area (TPSA) is 69.6 Å². The number of urea groups is 1. The number of hydrogen-bond acceptors (Lipinski definition) is 2. The summed E-state index contributed by atoms with van der Waals surface area (Å²) >= 11 is 9.26. The maximum atomic E-state index is 12.3. The van der Waals surface area contributed by atoms with Crippen molar-refractivity contribution in [3.05, 3.63) is 27.7 Å². The van der Waals surface area contributed by atoms with Crippen molar-refractivity contribution in [2.24, 2.45) is 0 Å². The average Bonchev–Trinajstić information content (AvgIpc) is 2.32. The van der Waals surface area contributed by atoms with E-state index in [1.807, 2.05) is 20.8 Å². The molecule has 1 aromatic carbocycles. The Hall–Kier alpha value is -1.27. The molecule has 1 aromatic rings. The van der Waals surface area contributed by atoms with Gasteiger partial charge in [-0.1, -0.05) is 11.6 Å². The van der Waals surface area contributed by atoms with Crippen LogP contribution in [0.3, 0.4) is 0 Å². The molecule has 0 aliphatic heterocycles. The van der Waals surface area contributed by atoms with Crippen molar-refractivity contribution in [1.29, 1.82) is 0 Å². The summed E-state index contributed by atoms with van der Waals surface area (Å²) in [5, 5.41) is 12.0. The molecule has 7 heteroatoms. The van der Waals surface area contributed by atoms with Crippen molar-refractivity contribution in [2.75, 3.05) is 11.9 Å². The summed E-state index contributed by atoms with van der Waals surface area (Å²) in [7, 11) is 0. The number of nitrogens with zero attached hydrogens (tertiary/aromatic N) is 1. The van der Waals surface area contributed by atoms with Crippen LogP contribution in [0.15, 0.2) is 22.7 Å². The predicted molar refractivity (Wildman–Crippen MR) is 86.9 cm³/mol. The van der Waals surface area contributed by atoms with Crippen LogP contribution in [0, 0.1) is 0 Å². The summed E-state index contributed by atoms with van der Waals surface area (Å²) in [4.78, 5) is 24.5. The predicted octanol–water partition coefficient (Wildman–Crippen LogP) is 4.21. The summed E-state index contributed by atoms with van der Waals surface area (Å²) in [6.45, 7) is 5.68. The van der Waals surface area contributed by atoms with Gasteiger partial charge in [0.25, 0.3) is 0 Å². The quantitative estimate of drug-likeness (QED) is 0.826. The molecule has 2 amide bonds. The number of benzene rings is 1. The Morgan fingerprint density at radius 1 is 1.38 bits per heavy atom. The molecule has 1 rings (SSSR count). The van der Waals surface area contributed by atoms with Crippen molar-refractivity contribution in [3.8, 4) is 0 Å². The first-order valence-electron chi connectivity index (χ1n) is 6.36. The Morgan fingerprint density at radius 2 is 2.00 bits per heavy atom. The number of hydrogen-bond donors (Lipinski definition) is 2. The van der Waals surface area contributed by atoms with Crippen molar-refractivity contribution < 1.29 is 14.7 Å². The minimum absolute atomic E-state index is 0.105. The summed E-state index contributed by atoms with van der Waals surface area (Å²) < 4.78 is 0.737. The molecule has 0 saturated heterocycles. The van der Waals surface area contributed by atoms with Gasteiger partial charge in [0, 0.05) is 22.2 Å². The molecule has 21 heavy (non-hydrogen) atoms. The number of nitrogens with one attached hydrogen (secondary N) is 1. The third-order valence-electron chi connectivity index (χ3n) is 2.78. The number of anilines is 1. The summed E-state index contributed by atoms with van der Waals surface area (Å²) in [6, 6.07) is 4.71. The lowest BCUT2D eigenvalue weighted by atomic mass is 10.1. The van der Waals surface area contributed by atoms with Crippen LogP contribution in [0.5, 0.6) is 0 Å². The number of amides is 2. The minimum atomic E-state index is -0.941. The lowest BCUT2D eigenvalue weighted by molar-refractivity contribution is -0.137. The smallest absolute Gasteiger partial charge is 0.322 e. The van der Waals surface area contributed by atoms with Gasteiger partial charge in [-0.3, -0.25) is 4.79 Å². The number of aliphatic carboxylic acids is 1. The first-order chi connectivity index (χ1) is 9.61. The van der Waals surface area contributed by atoms with Crippen LogP contribution in [-0.4, -0.2) is 34.1 Å². The number of carboxylic acids is 1. The van der Waals surface area contributed by atoms with Gasteiger partial charge >= 0.3 is 12.0 Å². The van der Waals surface area contributed by atoms with Crippen LogP contribution in [0.1, 0.15) is 27.2 Å². The monoisotopic (exact) mass is 376 g/mol. The van der Waals surface area contributed by atoms with E-state index in [9.17, 15) is 9.59 Å². The Labute approximate surface area is 137 Å². The molecule has 0 aliphatic carbocycles. The lowest BCUT2D eigenvalue weighted by Gasteiger charge is -2.35. The van der Waals surface area contributed by atoms with Crippen LogP contribution < -0.4 is 5.32 Å². The second-order valence-corrected chi connectivity index (χ2v) is 6.79. The number of rotatable bonds is 4. The van der Waals surface area contributed by atoms with Gasteiger partial charge in [-0.15, -0.1) is 0 Å². The first kappa shape index (κ1) is 17.8. The van der Waals surface area contributed by atoms with E-state index in [2.05, 4.69) is 21.2 Å². The fraction of sp³-hybridized carbons (Fsp3) is 0.429. The summed E-state index contributed by atoms with van der Waals surface area (Å²) in [5.74, 6) is -0.941. The van der Waals surface area contributed by atoms with E-state index < -0.39 is 11.5 Å². The van der Waals surface area contributed by atoms with E-state index in [-0.39, 0.29) is 19.0 Å². The molecular weight excluding hydrogens is 360 g/mol. The van der Waals surface area contributed by atoms with Gasteiger partial charge in [0.15, 0.2) is 0 Å². The van der Waals surface area contributed by atoms with Gasteiger partial charge < -0.3 is 15.3 Å². The van der Waals surface area contributed by atoms with Crippen LogP contribution in [0.2, 0.25) is 5.02 Å². The molecule has 0 aliphatic rings. The van der Waals surface area contributed by atoms with Gasteiger partial charge in [0.05, 0.1) is 11.4 Å². The Kier molecular flexibility index (Phi) is 6.04. The highest BCUT2D eigenvalue weighted by molar-refractivity contribution is 9.10. The molecule has 0 fully saturated rings. The lowest BCUT2D eigenvalue weighted by Crippen LogP contribution is -2.48. The van der Waals surface area contributed by atoms with E-state index in [1.165, 1.54) is 4.90 Å². The standard InChI is InChI=1S/C14H18BrClN2O3/c1-14(2,3)18(7-6-12(19)20)13(21)17-9-4-5-10(15)11(16)8-9/h4-5,8H,6-7H2,1-3H3,(H,17,21)(H,19,20). The Bertz CT molecular complexity index is 544. The molecule has 2 N–H and O–H groups in total. The van der Waals surface area contributed by atoms with Crippen molar-refractivity contribution in [2.45, 2.75) is 32.7 Å². The van der Waals surface area contributed by atoms with E-state index in [0.717, 1.165) is 4.47 Å². The minimum Gasteiger partial charge on any atom is -0.481 e. The molecule has 0 spiro atoms. The van der Waals surface area contributed by atoms with Crippen molar-refractivity contribution in [1.82, 2.24) is 4.90 Å². The SMILES string of the molecule is CC(C)(C)N(CCC(=O)O)C(=O)Nc1ccc(Br)c(Cl)c1. The molecular formula is C14H18BrClN2O3. The molecule has 116 valence electrons. The van der Waals surface area contributed by atoms with E-state index in [1.54, 1.807) is 18.2 Å². The number of carbonyl (C=O) groups excluding carboxylic acids is 1. The molecule has 0 bridgehead atoms. The fourth-order valence-corrected chi connectivity index (χ4v) is 2.14. The second-order valence-electron chi connectivity index (χ2n) is 5.53. The maximum absolute atomic E-state index is 12.3. The molecule has 0 radical (unpaired) electrons. The highest BCUT2D eigenvalue weighted by Crippen LogP contribution is 2.26. The summed E-state index contributed by atoms with van der Waals surface area (Å²) in [5.41, 5.74) is 0.0661. The maximum Gasteiger partial charge on any atom is 0.322 e.